The first-order chi connectivity index (χ1) is 13.5. The van der Waals surface area contributed by atoms with E-state index in [1.54, 1.807) is 24.3 Å². The molecule has 0 radical (unpaired) electrons. The minimum Gasteiger partial charge on any atom is -0.489 e. The van der Waals surface area contributed by atoms with Crippen molar-refractivity contribution >= 4 is 0 Å². The Morgan fingerprint density at radius 1 is 0.857 bits per heavy atom. The lowest BCUT2D eigenvalue weighted by atomic mass is 9.95. The maximum absolute atomic E-state index is 10.0. The molecule has 0 saturated heterocycles. The van der Waals surface area contributed by atoms with Crippen LogP contribution in [0.15, 0.2) is 66.7 Å². The van der Waals surface area contributed by atoms with Crippen molar-refractivity contribution in [3.05, 3.63) is 89.0 Å². The van der Waals surface area contributed by atoms with Crippen LogP contribution in [0.25, 0.3) is 11.1 Å². The molecule has 3 rings (SSSR count). The molecule has 0 fully saturated rings. The summed E-state index contributed by atoms with van der Waals surface area (Å²) in [6.45, 7) is 4.44. The molecule has 3 N–H and O–H groups in total. The number of aliphatic hydroxyl groups is 3. The molecule has 0 aliphatic carbocycles. The number of aliphatic hydroxyl groups excluding tert-OH is 2. The highest BCUT2D eigenvalue weighted by atomic mass is 16.5. The van der Waals surface area contributed by atoms with Crippen molar-refractivity contribution in [3.8, 4) is 16.9 Å². The first kappa shape index (κ1) is 20.1. The minimum absolute atomic E-state index is 0.417. The van der Waals surface area contributed by atoms with Gasteiger partial charge in [-0.25, -0.2) is 0 Å². The summed E-state index contributed by atoms with van der Waals surface area (Å²) in [7, 11) is 0. The number of aryl methyl sites for hydroxylation is 1. The van der Waals surface area contributed by atoms with Gasteiger partial charge in [-0.3, -0.25) is 0 Å². The Bertz CT molecular complexity index is 916. The van der Waals surface area contributed by atoms with Crippen LogP contribution in [0.3, 0.4) is 0 Å². The molecule has 0 bridgehead atoms. The molecule has 28 heavy (non-hydrogen) atoms. The lowest BCUT2D eigenvalue weighted by Gasteiger charge is -2.13. The van der Waals surface area contributed by atoms with Crippen LogP contribution in [0.1, 0.15) is 48.0 Å². The summed E-state index contributed by atoms with van der Waals surface area (Å²) in [5.74, 6) is 0.670. The quantitative estimate of drug-likeness (QED) is 0.523. The number of hydrogen-bond donors (Lipinski definition) is 3. The Labute approximate surface area is 165 Å². The zero-order valence-corrected chi connectivity index (χ0v) is 16.2. The average molecular weight is 378 g/mol. The molecular weight excluding hydrogens is 352 g/mol. The fraction of sp³-hybridized carbons (Fsp3) is 0.250. The fourth-order valence-electron chi connectivity index (χ4n) is 3.19. The molecule has 0 spiro atoms. The smallest absolute Gasteiger partial charge is 0.178 e. The molecule has 0 aliphatic rings. The van der Waals surface area contributed by atoms with Crippen LogP contribution < -0.4 is 4.74 Å². The molecule has 3 aromatic rings. The fourth-order valence-corrected chi connectivity index (χ4v) is 3.19. The van der Waals surface area contributed by atoms with E-state index in [0.29, 0.717) is 24.3 Å². The summed E-state index contributed by atoms with van der Waals surface area (Å²) in [4.78, 5) is 0. The molecule has 0 heterocycles. The van der Waals surface area contributed by atoms with Crippen LogP contribution in [0.4, 0.5) is 0 Å². The SMILES string of the molecule is CCC(O)c1ccc(-c2cccc(COc3ccc(C(O)O)cc3)c2)c(C)c1. The van der Waals surface area contributed by atoms with Crippen LogP contribution >= 0.6 is 0 Å². The maximum atomic E-state index is 10.0. The van der Waals surface area contributed by atoms with Gasteiger partial charge in [0, 0.05) is 5.56 Å². The van der Waals surface area contributed by atoms with E-state index in [-0.39, 0.29) is 0 Å². The van der Waals surface area contributed by atoms with E-state index in [2.05, 4.69) is 25.1 Å². The van der Waals surface area contributed by atoms with Crippen LogP contribution in [0.2, 0.25) is 0 Å². The molecule has 3 aromatic carbocycles. The molecule has 0 amide bonds. The van der Waals surface area contributed by atoms with Gasteiger partial charge in [0.05, 0.1) is 6.10 Å². The van der Waals surface area contributed by atoms with Crippen LogP contribution in [0.5, 0.6) is 5.75 Å². The monoisotopic (exact) mass is 378 g/mol. The Morgan fingerprint density at radius 2 is 1.57 bits per heavy atom. The third-order valence-electron chi connectivity index (χ3n) is 4.84. The van der Waals surface area contributed by atoms with Crippen LogP contribution in [-0.2, 0) is 6.61 Å². The minimum atomic E-state index is -1.47. The summed E-state index contributed by atoms with van der Waals surface area (Å²) in [6.07, 6.45) is -1.20. The molecule has 4 nitrogen and oxygen atoms in total. The van der Waals surface area contributed by atoms with Crippen molar-refractivity contribution in [1.29, 1.82) is 0 Å². The van der Waals surface area contributed by atoms with Gasteiger partial charge in [-0.05, 0) is 59.4 Å². The first-order valence-corrected chi connectivity index (χ1v) is 9.44. The lowest BCUT2D eigenvalue weighted by Crippen LogP contribution is -1.98. The van der Waals surface area contributed by atoms with E-state index in [1.165, 1.54) is 0 Å². The Hall–Kier alpha value is -2.66. The number of hydrogen-bond acceptors (Lipinski definition) is 4. The normalized spacial score (nSPS) is 12.2. The molecule has 0 aromatic heterocycles. The van der Waals surface area contributed by atoms with E-state index in [1.807, 2.05) is 31.2 Å². The van der Waals surface area contributed by atoms with Gasteiger partial charge in [0.1, 0.15) is 12.4 Å². The molecule has 1 unspecified atom stereocenters. The number of rotatable bonds is 7. The second-order valence-corrected chi connectivity index (χ2v) is 6.93. The highest BCUT2D eigenvalue weighted by Gasteiger charge is 2.09. The summed E-state index contributed by atoms with van der Waals surface area (Å²) >= 11 is 0. The van der Waals surface area contributed by atoms with E-state index in [4.69, 9.17) is 14.9 Å². The van der Waals surface area contributed by atoms with Crippen molar-refractivity contribution in [2.24, 2.45) is 0 Å². The first-order valence-electron chi connectivity index (χ1n) is 9.44. The third kappa shape index (κ3) is 4.78. The van der Waals surface area contributed by atoms with Crippen LogP contribution in [-0.4, -0.2) is 15.3 Å². The molecular formula is C24H26O4. The van der Waals surface area contributed by atoms with Crippen molar-refractivity contribution in [2.75, 3.05) is 0 Å². The zero-order chi connectivity index (χ0) is 20.1. The van der Waals surface area contributed by atoms with Crippen LogP contribution in [0, 0.1) is 6.92 Å². The van der Waals surface area contributed by atoms with Crippen molar-refractivity contribution in [1.82, 2.24) is 0 Å². The molecule has 146 valence electrons. The predicted octanol–water partition coefficient (Wildman–Crippen LogP) is 4.67. The Morgan fingerprint density at radius 3 is 2.21 bits per heavy atom. The number of benzene rings is 3. The maximum Gasteiger partial charge on any atom is 0.178 e. The van der Waals surface area contributed by atoms with Gasteiger partial charge in [-0.1, -0.05) is 55.5 Å². The van der Waals surface area contributed by atoms with E-state index >= 15 is 0 Å². The van der Waals surface area contributed by atoms with Crippen molar-refractivity contribution in [3.63, 3.8) is 0 Å². The Kier molecular flexibility index (Phi) is 6.47. The highest BCUT2D eigenvalue weighted by molar-refractivity contribution is 5.68. The van der Waals surface area contributed by atoms with Gasteiger partial charge in [0.15, 0.2) is 6.29 Å². The molecule has 0 aliphatic heterocycles. The average Bonchev–Trinajstić information content (AvgIpc) is 2.72. The van der Waals surface area contributed by atoms with Gasteiger partial charge in [0.25, 0.3) is 0 Å². The van der Waals surface area contributed by atoms with Gasteiger partial charge in [-0.15, -0.1) is 0 Å². The number of ether oxygens (including phenoxy) is 1. The van der Waals surface area contributed by atoms with E-state index in [9.17, 15) is 5.11 Å². The summed E-state index contributed by atoms with van der Waals surface area (Å²) in [5.41, 5.74) is 5.79. The Balaban J connectivity index is 1.73. The topological polar surface area (TPSA) is 69.9 Å². The standard InChI is InChI=1S/C24H26O4/c1-3-23(25)20-9-12-22(16(2)13-20)19-6-4-5-17(14-19)15-28-21-10-7-18(8-11-21)24(26)27/h4-14,23-27H,3,15H2,1-2H3. The second kappa shape index (κ2) is 9.02. The highest BCUT2D eigenvalue weighted by Crippen LogP contribution is 2.28. The molecule has 4 heteroatoms. The van der Waals surface area contributed by atoms with Gasteiger partial charge >= 0.3 is 0 Å². The largest absolute Gasteiger partial charge is 0.489 e. The van der Waals surface area contributed by atoms with E-state index in [0.717, 1.165) is 27.8 Å². The van der Waals surface area contributed by atoms with Crippen molar-refractivity contribution in [2.45, 2.75) is 39.3 Å². The zero-order valence-electron chi connectivity index (χ0n) is 16.2. The lowest BCUT2D eigenvalue weighted by molar-refractivity contribution is -0.0425. The summed E-state index contributed by atoms with van der Waals surface area (Å²) < 4.78 is 5.82. The summed E-state index contributed by atoms with van der Waals surface area (Å²) in [6, 6.07) is 21.0. The molecule has 1 atom stereocenters. The molecule has 0 saturated carbocycles. The summed E-state index contributed by atoms with van der Waals surface area (Å²) in [5, 5.41) is 28.3. The van der Waals surface area contributed by atoms with Gasteiger partial charge in [0.2, 0.25) is 0 Å². The van der Waals surface area contributed by atoms with Gasteiger partial charge in [-0.2, -0.15) is 0 Å². The predicted molar refractivity (Wildman–Crippen MR) is 110 cm³/mol. The van der Waals surface area contributed by atoms with Gasteiger partial charge < -0.3 is 20.1 Å². The van der Waals surface area contributed by atoms with Crippen molar-refractivity contribution < 1.29 is 20.1 Å². The third-order valence-corrected chi connectivity index (χ3v) is 4.84. The van der Waals surface area contributed by atoms with E-state index < -0.39 is 12.4 Å². The second-order valence-electron chi connectivity index (χ2n) is 6.93.